The maximum Gasteiger partial charge on any atom is 0.244 e. The minimum atomic E-state index is -4.12. The number of carbonyl (C=O) groups excluding carboxylic acids is 1. The molecule has 0 bridgehead atoms. The summed E-state index contributed by atoms with van der Waals surface area (Å²) in [7, 11) is -4.12. The zero-order chi connectivity index (χ0) is 19.4. The van der Waals surface area contributed by atoms with Crippen molar-refractivity contribution in [1.82, 2.24) is 9.62 Å². The maximum atomic E-state index is 13.8. The fourth-order valence-corrected chi connectivity index (χ4v) is 4.34. The Morgan fingerprint density at radius 3 is 2.41 bits per heavy atom. The van der Waals surface area contributed by atoms with Crippen molar-refractivity contribution >= 4 is 21.5 Å². The molecule has 0 aliphatic carbocycles. The summed E-state index contributed by atoms with van der Waals surface area (Å²) in [6.45, 7) is 2.39. The van der Waals surface area contributed by atoms with E-state index in [1.54, 1.807) is 4.90 Å². The fourth-order valence-electron chi connectivity index (χ4n) is 3.07. The van der Waals surface area contributed by atoms with Gasteiger partial charge in [-0.3, -0.25) is 4.79 Å². The summed E-state index contributed by atoms with van der Waals surface area (Å²) >= 11 is 0. The predicted octanol–water partition coefficient (Wildman–Crippen LogP) is 2.81. The summed E-state index contributed by atoms with van der Waals surface area (Å²) in [5, 5.41) is 0. The van der Waals surface area contributed by atoms with Crippen LogP contribution >= 0.6 is 0 Å². The number of nitrogens with one attached hydrogen (secondary N) is 1. The average molecular weight is 388 g/mol. The van der Waals surface area contributed by atoms with E-state index >= 15 is 0 Å². The third kappa shape index (κ3) is 4.43. The summed E-state index contributed by atoms with van der Waals surface area (Å²) < 4.78 is 40.8. The van der Waals surface area contributed by atoms with Crippen molar-refractivity contribution in [1.29, 1.82) is 0 Å². The topological polar surface area (TPSA) is 66.5 Å². The molecular weight excluding hydrogens is 367 g/mol. The molecule has 5 nitrogen and oxygen atoms in total. The van der Waals surface area contributed by atoms with Crippen LogP contribution in [0.3, 0.4) is 0 Å². The fraction of sp³-hybridized carbons (Fsp3) is 0.250. The second-order valence-electron chi connectivity index (χ2n) is 6.40. The molecule has 2 aromatic carbocycles. The SMILES string of the molecule is C[C@@H](NS(=O)(=O)c1ccccc1F)C(=O)N1CC=C(c2ccccc2)CC1. The highest BCUT2D eigenvalue weighted by Crippen LogP contribution is 2.22. The molecule has 1 aliphatic heterocycles. The zero-order valence-electron chi connectivity index (χ0n) is 14.9. The highest BCUT2D eigenvalue weighted by molar-refractivity contribution is 7.89. The van der Waals surface area contributed by atoms with Crippen LogP contribution in [0.15, 0.2) is 65.6 Å². The van der Waals surface area contributed by atoms with Crippen molar-refractivity contribution in [3.63, 3.8) is 0 Å². The van der Waals surface area contributed by atoms with Crippen LogP contribution in [0.25, 0.3) is 5.57 Å². The Bertz CT molecular complexity index is 958. The number of hydrogen-bond acceptors (Lipinski definition) is 3. The molecular formula is C20H21FN2O3S. The molecule has 0 saturated heterocycles. The first kappa shape index (κ1) is 19.3. The van der Waals surface area contributed by atoms with Crippen molar-refractivity contribution in [2.45, 2.75) is 24.3 Å². The lowest BCUT2D eigenvalue weighted by atomic mass is 9.99. The van der Waals surface area contributed by atoms with E-state index < -0.39 is 26.8 Å². The summed E-state index contributed by atoms with van der Waals surface area (Å²) in [5.41, 5.74) is 2.29. The number of sulfonamides is 1. The van der Waals surface area contributed by atoms with Gasteiger partial charge in [0.05, 0.1) is 6.04 Å². The first-order chi connectivity index (χ1) is 12.9. The van der Waals surface area contributed by atoms with Crippen molar-refractivity contribution in [3.8, 4) is 0 Å². The smallest absolute Gasteiger partial charge is 0.244 e. The van der Waals surface area contributed by atoms with Gasteiger partial charge in [-0.25, -0.2) is 12.8 Å². The first-order valence-corrected chi connectivity index (χ1v) is 10.2. The lowest BCUT2D eigenvalue weighted by molar-refractivity contribution is -0.132. The van der Waals surface area contributed by atoms with Gasteiger partial charge in [-0.2, -0.15) is 4.72 Å². The molecule has 0 fully saturated rings. The monoisotopic (exact) mass is 388 g/mol. The summed E-state index contributed by atoms with van der Waals surface area (Å²) in [4.78, 5) is 13.7. The van der Waals surface area contributed by atoms with E-state index in [1.165, 1.54) is 30.7 Å². The van der Waals surface area contributed by atoms with Crippen LogP contribution in [0.5, 0.6) is 0 Å². The van der Waals surface area contributed by atoms with Crippen LogP contribution in [0.2, 0.25) is 0 Å². The molecule has 2 aromatic rings. The van der Waals surface area contributed by atoms with Gasteiger partial charge in [-0.15, -0.1) is 0 Å². The number of amides is 1. The Morgan fingerprint density at radius 1 is 1.11 bits per heavy atom. The normalized spacial score (nSPS) is 15.9. The van der Waals surface area contributed by atoms with E-state index in [0.717, 1.165) is 11.6 Å². The molecule has 7 heteroatoms. The number of halogens is 1. The number of rotatable bonds is 5. The molecule has 1 heterocycles. The molecule has 1 amide bonds. The van der Waals surface area contributed by atoms with Gasteiger partial charge in [0, 0.05) is 13.1 Å². The van der Waals surface area contributed by atoms with Gasteiger partial charge >= 0.3 is 0 Å². The molecule has 0 aromatic heterocycles. The van der Waals surface area contributed by atoms with Gasteiger partial charge in [0.1, 0.15) is 10.7 Å². The molecule has 1 aliphatic rings. The second kappa shape index (κ2) is 8.02. The van der Waals surface area contributed by atoms with E-state index in [2.05, 4.69) is 4.72 Å². The van der Waals surface area contributed by atoms with Crippen molar-refractivity contribution in [2.24, 2.45) is 0 Å². The third-order valence-electron chi connectivity index (χ3n) is 4.49. The van der Waals surface area contributed by atoms with Gasteiger partial charge in [0.25, 0.3) is 0 Å². The molecule has 27 heavy (non-hydrogen) atoms. The Hall–Kier alpha value is -2.51. The molecule has 142 valence electrons. The Morgan fingerprint density at radius 2 is 1.78 bits per heavy atom. The minimum Gasteiger partial charge on any atom is -0.337 e. The van der Waals surface area contributed by atoms with Gasteiger partial charge < -0.3 is 4.90 Å². The van der Waals surface area contributed by atoms with Crippen molar-refractivity contribution < 1.29 is 17.6 Å². The average Bonchev–Trinajstić information content (AvgIpc) is 2.68. The standard InChI is InChI=1S/C20H21FN2O3S/c1-15(22-27(25,26)19-10-6-5-9-18(19)21)20(24)23-13-11-17(12-14-23)16-7-3-2-4-8-16/h2-11,15,22H,12-14H2,1H3/t15-/m1/s1. The summed E-state index contributed by atoms with van der Waals surface area (Å²) in [5.74, 6) is -1.18. The Labute approximate surface area is 158 Å². The van der Waals surface area contributed by atoms with Gasteiger partial charge in [0.2, 0.25) is 15.9 Å². The Kier molecular flexibility index (Phi) is 5.72. The third-order valence-corrected chi connectivity index (χ3v) is 6.07. The first-order valence-electron chi connectivity index (χ1n) is 8.68. The minimum absolute atomic E-state index is 0.335. The highest BCUT2D eigenvalue weighted by Gasteiger charge is 2.28. The molecule has 0 saturated carbocycles. The summed E-state index contributed by atoms with van der Waals surface area (Å²) in [6.07, 6.45) is 2.68. The van der Waals surface area contributed by atoms with Crippen molar-refractivity contribution in [2.75, 3.05) is 13.1 Å². The van der Waals surface area contributed by atoms with Crippen LogP contribution in [0.1, 0.15) is 18.9 Å². The predicted molar refractivity (Wildman–Crippen MR) is 102 cm³/mol. The largest absolute Gasteiger partial charge is 0.337 e. The number of hydrogen-bond donors (Lipinski definition) is 1. The van der Waals surface area contributed by atoms with Crippen LogP contribution in [-0.2, 0) is 14.8 Å². The van der Waals surface area contributed by atoms with E-state index in [9.17, 15) is 17.6 Å². The molecule has 1 N–H and O–H groups in total. The lowest BCUT2D eigenvalue weighted by Gasteiger charge is -2.29. The number of nitrogens with zero attached hydrogens (tertiary/aromatic N) is 1. The molecule has 0 radical (unpaired) electrons. The number of benzene rings is 2. The lowest BCUT2D eigenvalue weighted by Crippen LogP contribution is -2.48. The van der Waals surface area contributed by atoms with E-state index in [4.69, 9.17) is 0 Å². The maximum absolute atomic E-state index is 13.8. The zero-order valence-corrected chi connectivity index (χ0v) is 15.7. The van der Waals surface area contributed by atoms with E-state index in [-0.39, 0.29) is 5.91 Å². The molecule has 0 unspecified atom stereocenters. The molecule has 3 rings (SSSR count). The van der Waals surface area contributed by atoms with Crippen LogP contribution < -0.4 is 4.72 Å². The highest BCUT2D eigenvalue weighted by atomic mass is 32.2. The second-order valence-corrected chi connectivity index (χ2v) is 8.09. The molecule has 0 spiro atoms. The van der Waals surface area contributed by atoms with Gasteiger partial charge in [0.15, 0.2) is 0 Å². The number of carbonyl (C=O) groups is 1. The van der Waals surface area contributed by atoms with Gasteiger partial charge in [-0.1, -0.05) is 48.5 Å². The van der Waals surface area contributed by atoms with E-state index in [0.29, 0.717) is 19.5 Å². The molecule has 1 atom stereocenters. The summed E-state index contributed by atoms with van der Waals surface area (Å²) in [6, 6.07) is 14.0. The van der Waals surface area contributed by atoms with Crippen molar-refractivity contribution in [3.05, 3.63) is 72.1 Å². The van der Waals surface area contributed by atoms with Gasteiger partial charge in [-0.05, 0) is 36.6 Å². The Balaban J connectivity index is 1.66. The van der Waals surface area contributed by atoms with Crippen LogP contribution in [0, 0.1) is 5.82 Å². The quantitative estimate of drug-likeness (QED) is 0.857. The van der Waals surface area contributed by atoms with Crippen LogP contribution in [0.4, 0.5) is 4.39 Å². The van der Waals surface area contributed by atoms with Crippen LogP contribution in [-0.4, -0.2) is 38.4 Å². The van der Waals surface area contributed by atoms with E-state index in [1.807, 2.05) is 36.4 Å².